The van der Waals surface area contributed by atoms with Gasteiger partial charge in [0.25, 0.3) is 0 Å². The summed E-state index contributed by atoms with van der Waals surface area (Å²) < 4.78 is 32.0. The molecule has 6 nitrogen and oxygen atoms in total. The molecule has 0 fully saturated rings. The molecule has 2 aromatic carbocycles. The Kier molecular flexibility index (Phi) is 4.47. The van der Waals surface area contributed by atoms with Gasteiger partial charge in [-0.05, 0) is 42.3 Å². The summed E-state index contributed by atoms with van der Waals surface area (Å²) >= 11 is 0. The number of hydrogen-bond acceptors (Lipinski definition) is 4. The second kappa shape index (κ2) is 7.32. The quantitative estimate of drug-likeness (QED) is 0.460. The Morgan fingerprint density at radius 3 is 2.48 bits per heavy atom. The van der Waals surface area contributed by atoms with Crippen molar-refractivity contribution in [3.8, 4) is 22.3 Å². The fourth-order valence-corrected chi connectivity index (χ4v) is 3.63. The standard InChI is InChI=1S/C23H18F2N6/c1-14(15-5-7-18(24)8-6-15)31-13-17(12-27-31)20-4-2-3-19(22(20)25)16-9-10-30-21(11-16)28-23(26)29-30/h2-14H,1H3,(H2,26,29). The molecule has 0 spiro atoms. The number of nitrogen functional groups attached to an aromatic ring is 1. The van der Waals surface area contributed by atoms with Gasteiger partial charge in [0.1, 0.15) is 11.6 Å². The Balaban J connectivity index is 1.50. The second-order valence-electron chi connectivity index (χ2n) is 7.29. The smallest absolute Gasteiger partial charge is 0.240 e. The van der Waals surface area contributed by atoms with E-state index in [1.54, 1.807) is 70.3 Å². The van der Waals surface area contributed by atoms with Crippen LogP contribution in [0, 0.1) is 11.6 Å². The zero-order valence-corrected chi connectivity index (χ0v) is 16.6. The molecule has 3 heterocycles. The lowest BCUT2D eigenvalue weighted by molar-refractivity contribution is 0.561. The van der Waals surface area contributed by atoms with Crippen LogP contribution in [0.2, 0.25) is 0 Å². The molecule has 1 atom stereocenters. The minimum Gasteiger partial charge on any atom is -0.366 e. The van der Waals surface area contributed by atoms with E-state index in [4.69, 9.17) is 5.73 Å². The van der Waals surface area contributed by atoms with Gasteiger partial charge in [0.05, 0.1) is 12.2 Å². The zero-order chi connectivity index (χ0) is 21.5. The predicted molar refractivity (Wildman–Crippen MR) is 114 cm³/mol. The molecule has 1 unspecified atom stereocenters. The van der Waals surface area contributed by atoms with Crippen molar-refractivity contribution in [2.24, 2.45) is 0 Å². The maximum Gasteiger partial charge on any atom is 0.240 e. The molecule has 5 rings (SSSR count). The molecule has 8 heteroatoms. The van der Waals surface area contributed by atoms with E-state index in [1.165, 1.54) is 12.1 Å². The van der Waals surface area contributed by atoms with Crippen LogP contribution in [0.1, 0.15) is 18.5 Å². The predicted octanol–water partition coefficient (Wildman–Crippen LogP) is 4.73. The van der Waals surface area contributed by atoms with Gasteiger partial charge in [0.15, 0.2) is 5.65 Å². The molecule has 31 heavy (non-hydrogen) atoms. The third-order valence-electron chi connectivity index (χ3n) is 5.33. The van der Waals surface area contributed by atoms with E-state index in [0.717, 1.165) is 5.56 Å². The minimum absolute atomic E-state index is 0.124. The number of benzene rings is 2. The van der Waals surface area contributed by atoms with Crippen molar-refractivity contribution in [3.05, 3.63) is 90.4 Å². The van der Waals surface area contributed by atoms with Gasteiger partial charge in [0, 0.05) is 29.1 Å². The largest absolute Gasteiger partial charge is 0.366 e. The van der Waals surface area contributed by atoms with Crippen LogP contribution in [0.25, 0.3) is 27.9 Å². The van der Waals surface area contributed by atoms with Crippen LogP contribution in [0.4, 0.5) is 14.7 Å². The molecule has 0 saturated carbocycles. The summed E-state index contributed by atoms with van der Waals surface area (Å²) in [5.41, 5.74) is 9.30. The van der Waals surface area contributed by atoms with Gasteiger partial charge < -0.3 is 5.73 Å². The van der Waals surface area contributed by atoms with E-state index >= 15 is 4.39 Å². The molecule has 0 aliphatic rings. The lowest BCUT2D eigenvalue weighted by Gasteiger charge is -2.12. The fraction of sp³-hybridized carbons (Fsp3) is 0.0870. The third-order valence-corrected chi connectivity index (χ3v) is 5.33. The second-order valence-corrected chi connectivity index (χ2v) is 7.29. The first-order valence-electron chi connectivity index (χ1n) is 9.70. The molecular weight excluding hydrogens is 398 g/mol. The number of rotatable bonds is 4. The van der Waals surface area contributed by atoms with Gasteiger partial charge in [-0.15, -0.1) is 5.10 Å². The first-order chi connectivity index (χ1) is 15.0. The fourth-order valence-electron chi connectivity index (χ4n) is 3.63. The van der Waals surface area contributed by atoms with Gasteiger partial charge in [-0.2, -0.15) is 10.1 Å². The molecule has 0 aliphatic heterocycles. The highest BCUT2D eigenvalue weighted by Crippen LogP contribution is 2.32. The highest BCUT2D eigenvalue weighted by Gasteiger charge is 2.16. The molecule has 3 aromatic heterocycles. The highest BCUT2D eigenvalue weighted by molar-refractivity contribution is 5.75. The SMILES string of the molecule is CC(c1ccc(F)cc1)n1cc(-c2cccc(-c3ccn4nc(N)nc4c3)c2F)cn1. The summed E-state index contributed by atoms with van der Waals surface area (Å²) in [6.45, 7) is 1.95. The van der Waals surface area contributed by atoms with Crippen molar-refractivity contribution >= 4 is 11.6 Å². The van der Waals surface area contributed by atoms with Crippen molar-refractivity contribution in [2.45, 2.75) is 13.0 Å². The van der Waals surface area contributed by atoms with Crippen molar-refractivity contribution < 1.29 is 8.78 Å². The zero-order valence-electron chi connectivity index (χ0n) is 16.6. The van der Waals surface area contributed by atoms with Crippen LogP contribution in [0.15, 0.2) is 73.2 Å². The summed E-state index contributed by atoms with van der Waals surface area (Å²) in [6.07, 6.45) is 5.12. The van der Waals surface area contributed by atoms with E-state index in [-0.39, 0.29) is 23.6 Å². The number of nitrogens with zero attached hydrogens (tertiary/aromatic N) is 5. The van der Waals surface area contributed by atoms with E-state index in [9.17, 15) is 4.39 Å². The first-order valence-corrected chi connectivity index (χ1v) is 9.70. The molecule has 154 valence electrons. The molecule has 0 bridgehead atoms. The van der Waals surface area contributed by atoms with Gasteiger partial charge in [-0.25, -0.2) is 13.3 Å². The Hall–Kier alpha value is -4.07. The molecule has 2 N–H and O–H groups in total. The number of anilines is 1. The van der Waals surface area contributed by atoms with Crippen LogP contribution >= 0.6 is 0 Å². The molecule has 0 amide bonds. The Morgan fingerprint density at radius 2 is 1.71 bits per heavy atom. The lowest BCUT2D eigenvalue weighted by atomic mass is 10.0. The van der Waals surface area contributed by atoms with Gasteiger partial charge in [-0.1, -0.05) is 30.3 Å². The molecule has 0 saturated heterocycles. The Labute approximate surface area is 176 Å². The maximum absolute atomic E-state index is 15.5. The van der Waals surface area contributed by atoms with E-state index in [2.05, 4.69) is 15.2 Å². The summed E-state index contributed by atoms with van der Waals surface area (Å²) in [4.78, 5) is 4.14. The van der Waals surface area contributed by atoms with Gasteiger partial charge in [0.2, 0.25) is 5.95 Å². The molecule has 0 radical (unpaired) electrons. The maximum atomic E-state index is 15.5. The van der Waals surface area contributed by atoms with Crippen LogP contribution in [0.5, 0.6) is 0 Å². The normalized spacial score (nSPS) is 12.4. The van der Waals surface area contributed by atoms with Crippen LogP contribution < -0.4 is 5.73 Å². The topological polar surface area (TPSA) is 74.0 Å². The average Bonchev–Trinajstić information content (AvgIpc) is 3.39. The Bertz CT molecular complexity index is 1390. The molecule has 5 aromatic rings. The van der Waals surface area contributed by atoms with E-state index < -0.39 is 0 Å². The highest BCUT2D eigenvalue weighted by atomic mass is 19.1. The number of aromatic nitrogens is 5. The van der Waals surface area contributed by atoms with Crippen molar-refractivity contribution in [1.82, 2.24) is 24.4 Å². The van der Waals surface area contributed by atoms with Crippen LogP contribution in [-0.4, -0.2) is 24.4 Å². The average molecular weight is 416 g/mol. The minimum atomic E-state index is -0.353. The number of hydrogen-bond donors (Lipinski definition) is 1. The summed E-state index contributed by atoms with van der Waals surface area (Å²) in [6, 6.07) is 14.9. The Morgan fingerprint density at radius 1 is 0.968 bits per heavy atom. The number of fused-ring (bicyclic) bond motifs is 1. The summed E-state index contributed by atoms with van der Waals surface area (Å²) in [7, 11) is 0. The van der Waals surface area contributed by atoms with Crippen molar-refractivity contribution in [1.29, 1.82) is 0 Å². The summed E-state index contributed by atoms with van der Waals surface area (Å²) in [5, 5.41) is 8.44. The third kappa shape index (κ3) is 3.42. The van der Waals surface area contributed by atoms with Crippen LogP contribution in [-0.2, 0) is 0 Å². The number of halogens is 2. The molecule has 0 aliphatic carbocycles. The van der Waals surface area contributed by atoms with Crippen molar-refractivity contribution in [3.63, 3.8) is 0 Å². The van der Waals surface area contributed by atoms with Gasteiger partial charge in [-0.3, -0.25) is 4.68 Å². The van der Waals surface area contributed by atoms with E-state index in [0.29, 0.717) is 27.9 Å². The van der Waals surface area contributed by atoms with Crippen molar-refractivity contribution in [2.75, 3.05) is 5.73 Å². The van der Waals surface area contributed by atoms with Gasteiger partial charge >= 0.3 is 0 Å². The monoisotopic (exact) mass is 416 g/mol. The van der Waals surface area contributed by atoms with Crippen LogP contribution in [0.3, 0.4) is 0 Å². The lowest BCUT2D eigenvalue weighted by Crippen LogP contribution is -2.06. The number of nitrogens with two attached hydrogens (primary N) is 1. The number of pyridine rings is 1. The summed E-state index contributed by atoms with van der Waals surface area (Å²) in [5.74, 6) is -0.481. The van der Waals surface area contributed by atoms with E-state index in [1.807, 2.05) is 6.92 Å². The molecular formula is C23H18F2N6. The first kappa shape index (κ1) is 18.9.